The van der Waals surface area contributed by atoms with Crippen LogP contribution < -0.4 is 5.32 Å². The van der Waals surface area contributed by atoms with Crippen molar-refractivity contribution in [2.45, 2.75) is 45.3 Å². The summed E-state index contributed by atoms with van der Waals surface area (Å²) in [5.41, 5.74) is 3.16. The van der Waals surface area contributed by atoms with E-state index < -0.39 is 5.60 Å². The van der Waals surface area contributed by atoms with Gasteiger partial charge in [0.05, 0.1) is 29.0 Å². The Morgan fingerprint density at radius 3 is 2.58 bits per heavy atom. The van der Waals surface area contributed by atoms with Gasteiger partial charge in [0.15, 0.2) is 5.82 Å². The molecular formula is C26H30FN5O. The predicted octanol–water partition coefficient (Wildman–Crippen LogP) is 5.00. The highest BCUT2D eigenvalue weighted by Gasteiger charge is 2.38. The molecule has 6 nitrogen and oxygen atoms in total. The van der Waals surface area contributed by atoms with Gasteiger partial charge in [-0.1, -0.05) is 12.1 Å². The molecule has 1 aliphatic heterocycles. The van der Waals surface area contributed by atoms with Crippen LogP contribution in [0.4, 0.5) is 10.2 Å². The Labute approximate surface area is 194 Å². The molecule has 1 atom stereocenters. The first-order valence-corrected chi connectivity index (χ1v) is 11.3. The van der Waals surface area contributed by atoms with E-state index in [9.17, 15) is 5.26 Å². The van der Waals surface area contributed by atoms with Crippen LogP contribution in [-0.2, 0) is 10.3 Å². The standard InChI is InChI=1S/C26H30FN5O/c1-16-19(15-28)7-6-8-20(16)17(2)29-25-22-13-23(24(27)14-21(22)18(3)30-31-25)26(33-5)9-11-32(4)12-10-26/h6-8,13-14,17H,9-12H2,1-5H3,(H,29,31)/t17-/m1/s1. The normalized spacial score (nSPS) is 17.0. The number of methoxy groups -OCH3 is 1. The monoisotopic (exact) mass is 447 g/mol. The van der Waals surface area contributed by atoms with Gasteiger partial charge in [-0.3, -0.25) is 0 Å². The van der Waals surface area contributed by atoms with E-state index in [0.29, 0.717) is 22.6 Å². The Morgan fingerprint density at radius 1 is 1.18 bits per heavy atom. The number of ether oxygens (including phenoxy) is 1. The first-order valence-electron chi connectivity index (χ1n) is 11.3. The second-order valence-corrected chi connectivity index (χ2v) is 9.01. The van der Waals surface area contributed by atoms with Crippen molar-refractivity contribution in [1.29, 1.82) is 5.26 Å². The predicted molar refractivity (Wildman–Crippen MR) is 128 cm³/mol. The third-order valence-corrected chi connectivity index (χ3v) is 7.04. The van der Waals surface area contributed by atoms with E-state index >= 15 is 4.39 Å². The molecule has 1 saturated heterocycles. The zero-order chi connectivity index (χ0) is 23.8. The lowest BCUT2D eigenvalue weighted by Crippen LogP contribution is -2.42. The van der Waals surface area contributed by atoms with Gasteiger partial charge in [-0.05, 0) is 70.0 Å². The minimum Gasteiger partial charge on any atom is -0.373 e. The summed E-state index contributed by atoms with van der Waals surface area (Å²) in [6, 6.07) is 11.3. The van der Waals surface area contributed by atoms with Crippen molar-refractivity contribution in [3.8, 4) is 6.07 Å². The van der Waals surface area contributed by atoms with Gasteiger partial charge in [0, 0.05) is 36.5 Å². The van der Waals surface area contributed by atoms with Crippen LogP contribution in [0, 0.1) is 31.0 Å². The summed E-state index contributed by atoms with van der Waals surface area (Å²) in [7, 11) is 3.74. The van der Waals surface area contributed by atoms with E-state index in [0.717, 1.165) is 47.8 Å². The average molecular weight is 448 g/mol. The maximum atomic E-state index is 15.4. The fraction of sp³-hybridized carbons (Fsp3) is 0.423. The molecule has 0 saturated carbocycles. The summed E-state index contributed by atoms with van der Waals surface area (Å²) in [5.74, 6) is 0.312. The molecule has 0 bridgehead atoms. The van der Waals surface area contributed by atoms with Gasteiger partial charge >= 0.3 is 0 Å². The number of nitrogens with zero attached hydrogens (tertiary/aromatic N) is 4. The molecule has 1 fully saturated rings. The molecule has 2 aromatic carbocycles. The maximum absolute atomic E-state index is 15.4. The van der Waals surface area contributed by atoms with Crippen LogP contribution in [0.3, 0.4) is 0 Å². The van der Waals surface area contributed by atoms with E-state index in [2.05, 4.69) is 33.5 Å². The summed E-state index contributed by atoms with van der Waals surface area (Å²) in [6.45, 7) is 7.49. The van der Waals surface area contributed by atoms with Crippen molar-refractivity contribution >= 4 is 16.6 Å². The van der Waals surface area contributed by atoms with Crippen LogP contribution in [-0.4, -0.2) is 42.3 Å². The van der Waals surface area contributed by atoms with Crippen molar-refractivity contribution in [3.63, 3.8) is 0 Å². The smallest absolute Gasteiger partial charge is 0.157 e. The van der Waals surface area contributed by atoms with Crippen LogP contribution in [0.2, 0.25) is 0 Å². The number of piperidine rings is 1. The number of nitrogens with one attached hydrogen (secondary N) is 1. The zero-order valence-corrected chi connectivity index (χ0v) is 19.9. The molecular weight excluding hydrogens is 417 g/mol. The molecule has 0 aliphatic carbocycles. The highest BCUT2D eigenvalue weighted by Crippen LogP contribution is 2.40. The number of fused-ring (bicyclic) bond motifs is 1. The lowest BCUT2D eigenvalue weighted by molar-refractivity contribution is -0.0606. The number of benzene rings is 2. The molecule has 1 aliphatic rings. The van der Waals surface area contributed by atoms with Crippen LogP contribution in [0.25, 0.3) is 10.8 Å². The Balaban J connectivity index is 1.79. The first-order chi connectivity index (χ1) is 15.8. The molecule has 0 unspecified atom stereocenters. The van der Waals surface area contributed by atoms with Gasteiger partial charge in [-0.2, -0.15) is 10.4 Å². The fourth-order valence-electron chi connectivity index (χ4n) is 4.85. The molecule has 172 valence electrons. The van der Waals surface area contributed by atoms with Crippen molar-refractivity contribution in [2.75, 3.05) is 32.6 Å². The third-order valence-electron chi connectivity index (χ3n) is 7.04. The van der Waals surface area contributed by atoms with Gasteiger partial charge in [0.1, 0.15) is 5.82 Å². The first kappa shape index (κ1) is 23.1. The number of hydrogen-bond donors (Lipinski definition) is 1. The fourth-order valence-corrected chi connectivity index (χ4v) is 4.85. The number of aromatic nitrogens is 2. The highest BCUT2D eigenvalue weighted by atomic mass is 19.1. The molecule has 1 N–H and O–H groups in total. The topological polar surface area (TPSA) is 74.1 Å². The van der Waals surface area contributed by atoms with E-state index in [1.165, 1.54) is 0 Å². The van der Waals surface area contributed by atoms with Gasteiger partial charge in [-0.15, -0.1) is 5.10 Å². The summed E-state index contributed by atoms with van der Waals surface area (Å²) in [5, 5.41) is 23.1. The van der Waals surface area contributed by atoms with E-state index in [1.54, 1.807) is 13.2 Å². The number of aryl methyl sites for hydroxylation is 1. The minimum absolute atomic E-state index is 0.119. The highest BCUT2D eigenvalue weighted by molar-refractivity contribution is 5.94. The number of hydrogen-bond acceptors (Lipinski definition) is 6. The zero-order valence-electron chi connectivity index (χ0n) is 19.9. The third kappa shape index (κ3) is 4.17. The summed E-state index contributed by atoms with van der Waals surface area (Å²) in [4.78, 5) is 2.23. The lowest BCUT2D eigenvalue weighted by Gasteiger charge is -2.40. The summed E-state index contributed by atoms with van der Waals surface area (Å²) < 4.78 is 21.4. The molecule has 1 aromatic heterocycles. The van der Waals surface area contributed by atoms with Gasteiger partial charge < -0.3 is 15.0 Å². The van der Waals surface area contributed by atoms with Crippen molar-refractivity contribution < 1.29 is 9.13 Å². The van der Waals surface area contributed by atoms with Gasteiger partial charge in [0.25, 0.3) is 0 Å². The molecule has 33 heavy (non-hydrogen) atoms. The van der Waals surface area contributed by atoms with Crippen LogP contribution in [0.15, 0.2) is 30.3 Å². The molecule has 3 aromatic rings. The minimum atomic E-state index is -0.664. The SMILES string of the molecule is COC1(c2cc3c(N[C@H](C)c4cccc(C#N)c4C)nnc(C)c3cc2F)CCN(C)CC1. The quantitative estimate of drug-likeness (QED) is 0.593. The second-order valence-electron chi connectivity index (χ2n) is 9.01. The van der Waals surface area contributed by atoms with Gasteiger partial charge in [-0.25, -0.2) is 4.39 Å². The maximum Gasteiger partial charge on any atom is 0.157 e. The molecule has 0 spiro atoms. The Morgan fingerprint density at radius 2 is 1.91 bits per heavy atom. The number of rotatable bonds is 5. The number of nitriles is 1. The van der Waals surface area contributed by atoms with Crippen LogP contribution in [0.1, 0.15) is 53.8 Å². The summed E-state index contributed by atoms with van der Waals surface area (Å²) in [6.07, 6.45) is 1.44. The lowest BCUT2D eigenvalue weighted by atomic mass is 9.83. The Kier molecular flexibility index (Phi) is 6.33. The molecule has 4 rings (SSSR count). The largest absolute Gasteiger partial charge is 0.373 e. The Bertz CT molecular complexity index is 1230. The number of anilines is 1. The van der Waals surface area contributed by atoms with E-state index in [4.69, 9.17) is 4.74 Å². The van der Waals surface area contributed by atoms with Crippen molar-refractivity contribution in [2.24, 2.45) is 0 Å². The molecule has 0 radical (unpaired) electrons. The molecule has 0 amide bonds. The van der Waals surface area contributed by atoms with E-state index in [1.807, 2.05) is 45.0 Å². The van der Waals surface area contributed by atoms with Crippen molar-refractivity contribution in [1.82, 2.24) is 15.1 Å². The van der Waals surface area contributed by atoms with Crippen LogP contribution >= 0.6 is 0 Å². The number of likely N-dealkylation sites (tertiary alicyclic amines) is 1. The summed E-state index contributed by atoms with van der Waals surface area (Å²) >= 11 is 0. The second kappa shape index (κ2) is 9.05. The van der Waals surface area contributed by atoms with Crippen molar-refractivity contribution in [3.05, 3.63) is 64.1 Å². The number of halogens is 1. The Hall–Kier alpha value is -3.08. The van der Waals surface area contributed by atoms with E-state index in [-0.39, 0.29) is 11.9 Å². The van der Waals surface area contributed by atoms with Crippen LogP contribution in [0.5, 0.6) is 0 Å². The molecule has 2 heterocycles. The molecule has 7 heteroatoms. The average Bonchev–Trinajstić information content (AvgIpc) is 2.82. The van der Waals surface area contributed by atoms with Gasteiger partial charge in [0.2, 0.25) is 0 Å².